The molecule has 1 aromatic heterocycles. The molecule has 3 amide bonds. The van der Waals surface area contributed by atoms with Crippen LogP contribution in [-0.2, 0) is 11.3 Å². The van der Waals surface area contributed by atoms with Crippen molar-refractivity contribution in [1.29, 1.82) is 0 Å². The third-order valence-electron chi connectivity index (χ3n) is 7.70. The van der Waals surface area contributed by atoms with Gasteiger partial charge in [0.05, 0.1) is 0 Å². The van der Waals surface area contributed by atoms with Crippen LogP contribution in [0, 0.1) is 5.41 Å². The standard InChI is InChI=1S/C22H28ClF3N4O4/c1-3-4-9-28-15(23)10-16(31)30(19(28)34)14-5-7-20(8-6-14)11-21(12-20)17(32)27(2)18(33)29(21)13-22(24,25)26/h10,14H,3-9,11-13H2,1-2H3. The van der Waals surface area contributed by atoms with E-state index in [-0.39, 0.29) is 24.0 Å². The highest BCUT2D eigenvalue weighted by molar-refractivity contribution is 6.29. The molecule has 1 aromatic rings. The summed E-state index contributed by atoms with van der Waals surface area (Å²) in [5.41, 5.74) is -2.77. The fraction of sp³-hybridized carbons (Fsp3) is 0.727. The normalized spacial score (nSPS) is 29.4. The van der Waals surface area contributed by atoms with Crippen molar-refractivity contribution in [3.05, 3.63) is 32.1 Å². The molecule has 1 aliphatic heterocycles. The minimum atomic E-state index is -4.61. The Morgan fingerprint density at radius 2 is 1.74 bits per heavy atom. The summed E-state index contributed by atoms with van der Waals surface area (Å²) in [6, 6.07) is -0.0250. The highest BCUT2D eigenvalue weighted by Gasteiger charge is 2.68. The zero-order valence-corrected chi connectivity index (χ0v) is 19.9. The molecule has 0 radical (unpaired) electrons. The smallest absolute Gasteiger partial charge is 0.300 e. The van der Waals surface area contributed by atoms with Gasteiger partial charge in [0.15, 0.2) is 0 Å². The first kappa shape index (κ1) is 24.8. The Hall–Kier alpha value is -2.30. The molecule has 2 aliphatic carbocycles. The van der Waals surface area contributed by atoms with Crippen LogP contribution >= 0.6 is 11.6 Å². The molecule has 0 atom stereocenters. The molecule has 2 saturated carbocycles. The zero-order valence-electron chi connectivity index (χ0n) is 19.2. The maximum atomic E-state index is 13.1. The number of aromatic nitrogens is 2. The molecule has 4 rings (SSSR count). The zero-order chi connectivity index (χ0) is 25.1. The van der Waals surface area contributed by atoms with Crippen LogP contribution in [0.15, 0.2) is 15.7 Å². The van der Waals surface area contributed by atoms with E-state index < -0.39 is 46.9 Å². The van der Waals surface area contributed by atoms with Gasteiger partial charge in [0.2, 0.25) is 0 Å². The Kier molecular flexibility index (Phi) is 6.15. The van der Waals surface area contributed by atoms with E-state index in [0.717, 1.165) is 17.7 Å². The fourth-order valence-corrected chi connectivity index (χ4v) is 6.30. The predicted octanol–water partition coefficient (Wildman–Crippen LogP) is 3.55. The molecule has 0 unspecified atom stereocenters. The van der Waals surface area contributed by atoms with E-state index in [2.05, 4.69) is 0 Å². The van der Waals surface area contributed by atoms with Gasteiger partial charge in [-0.1, -0.05) is 24.9 Å². The van der Waals surface area contributed by atoms with Gasteiger partial charge < -0.3 is 4.90 Å². The minimum absolute atomic E-state index is 0.103. The van der Waals surface area contributed by atoms with Crippen LogP contribution < -0.4 is 11.2 Å². The average Bonchev–Trinajstić information content (AvgIpc) is 2.89. The van der Waals surface area contributed by atoms with Crippen molar-refractivity contribution >= 4 is 23.5 Å². The molecule has 2 spiro atoms. The first-order valence-corrected chi connectivity index (χ1v) is 11.9. The monoisotopic (exact) mass is 504 g/mol. The summed E-state index contributed by atoms with van der Waals surface area (Å²) < 4.78 is 42.0. The number of amides is 3. The van der Waals surface area contributed by atoms with Crippen LogP contribution in [0.2, 0.25) is 5.15 Å². The van der Waals surface area contributed by atoms with Gasteiger partial charge in [-0.05, 0) is 50.4 Å². The maximum Gasteiger partial charge on any atom is 0.406 e. The van der Waals surface area contributed by atoms with Gasteiger partial charge in [0, 0.05) is 25.7 Å². The number of hydrogen-bond acceptors (Lipinski definition) is 4. The van der Waals surface area contributed by atoms with Gasteiger partial charge in [-0.15, -0.1) is 0 Å². The highest BCUT2D eigenvalue weighted by Crippen LogP contribution is 2.62. The Labute approximate surface area is 199 Å². The number of hydrogen-bond donors (Lipinski definition) is 0. The first-order chi connectivity index (χ1) is 15.8. The largest absolute Gasteiger partial charge is 0.406 e. The maximum absolute atomic E-state index is 13.1. The number of halogens is 4. The van der Waals surface area contributed by atoms with Crippen LogP contribution in [0.3, 0.4) is 0 Å². The van der Waals surface area contributed by atoms with E-state index in [4.69, 9.17) is 11.6 Å². The summed E-state index contributed by atoms with van der Waals surface area (Å²) >= 11 is 6.13. The third-order valence-corrected chi connectivity index (χ3v) is 8.01. The van der Waals surface area contributed by atoms with Gasteiger partial charge in [0.25, 0.3) is 11.5 Å². The van der Waals surface area contributed by atoms with E-state index in [1.54, 1.807) is 0 Å². The third kappa shape index (κ3) is 3.95. The SMILES string of the molecule is CCCCn1c(Cl)cc(=O)n(C2CCC3(CC2)CC2(C3)C(=O)N(C)C(=O)N2CC(F)(F)F)c1=O. The second-order valence-electron chi connectivity index (χ2n) is 9.93. The molecular weight excluding hydrogens is 477 g/mol. The second kappa shape index (κ2) is 8.42. The molecule has 1 saturated heterocycles. The Bertz CT molecular complexity index is 1110. The molecule has 0 N–H and O–H groups in total. The number of likely N-dealkylation sites (N-methyl/N-ethyl adjacent to an activating group) is 1. The number of imide groups is 1. The number of rotatable bonds is 5. The number of alkyl halides is 3. The van der Waals surface area contributed by atoms with Crippen molar-refractivity contribution in [1.82, 2.24) is 18.9 Å². The molecular formula is C22H28ClF3N4O4. The van der Waals surface area contributed by atoms with Gasteiger partial charge >= 0.3 is 17.9 Å². The summed E-state index contributed by atoms with van der Waals surface area (Å²) in [6.07, 6.45) is -0.623. The molecule has 34 heavy (non-hydrogen) atoms. The van der Waals surface area contributed by atoms with Crippen molar-refractivity contribution in [2.45, 2.75) is 82.6 Å². The van der Waals surface area contributed by atoms with Crippen LogP contribution in [0.5, 0.6) is 0 Å². The molecule has 0 bridgehead atoms. The second-order valence-corrected chi connectivity index (χ2v) is 10.3. The lowest BCUT2D eigenvalue weighted by molar-refractivity contribution is -0.173. The number of unbranched alkanes of at least 4 members (excludes halogenated alkanes) is 1. The number of nitrogens with zero attached hydrogens (tertiary/aromatic N) is 4. The molecule has 2 heterocycles. The van der Waals surface area contributed by atoms with Gasteiger partial charge in [-0.25, -0.2) is 9.59 Å². The van der Waals surface area contributed by atoms with E-state index in [0.29, 0.717) is 37.1 Å². The molecule has 3 aliphatic rings. The van der Waals surface area contributed by atoms with Crippen LogP contribution in [0.1, 0.15) is 64.3 Å². The van der Waals surface area contributed by atoms with Crippen molar-refractivity contribution in [2.75, 3.05) is 13.6 Å². The van der Waals surface area contributed by atoms with Gasteiger partial charge in [-0.3, -0.25) is 23.6 Å². The Balaban J connectivity index is 1.52. The molecule has 0 aromatic carbocycles. The summed E-state index contributed by atoms with van der Waals surface area (Å²) in [7, 11) is 1.21. The van der Waals surface area contributed by atoms with Gasteiger partial charge in [-0.2, -0.15) is 13.2 Å². The van der Waals surface area contributed by atoms with Crippen LogP contribution in [0.25, 0.3) is 0 Å². The lowest BCUT2D eigenvalue weighted by Crippen LogP contribution is -2.65. The number of carbonyl (C=O) groups is 2. The Morgan fingerprint density at radius 3 is 2.29 bits per heavy atom. The van der Waals surface area contributed by atoms with E-state index in [9.17, 15) is 32.3 Å². The summed E-state index contributed by atoms with van der Waals surface area (Å²) in [4.78, 5) is 52.2. The topological polar surface area (TPSA) is 84.6 Å². The number of carbonyl (C=O) groups excluding carboxylic acids is 2. The first-order valence-electron chi connectivity index (χ1n) is 11.5. The van der Waals surface area contributed by atoms with E-state index in [1.807, 2.05) is 6.92 Å². The van der Waals surface area contributed by atoms with Crippen molar-refractivity contribution in [2.24, 2.45) is 5.41 Å². The summed E-state index contributed by atoms with van der Waals surface area (Å²) in [6.45, 7) is 0.932. The van der Waals surface area contributed by atoms with Crippen LogP contribution in [-0.4, -0.2) is 56.2 Å². The number of urea groups is 1. The summed E-state index contributed by atoms with van der Waals surface area (Å²) in [5.74, 6) is -0.595. The van der Waals surface area contributed by atoms with E-state index >= 15 is 0 Å². The quantitative estimate of drug-likeness (QED) is 0.453. The van der Waals surface area contributed by atoms with Crippen molar-refractivity contribution < 1.29 is 22.8 Å². The lowest BCUT2D eigenvalue weighted by Gasteiger charge is -2.58. The average molecular weight is 505 g/mol. The van der Waals surface area contributed by atoms with Crippen molar-refractivity contribution in [3.8, 4) is 0 Å². The highest BCUT2D eigenvalue weighted by atomic mass is 35.5. The fourth-order valence-electron chi connectivity index (χ4n) is 6.05. The molecule has 3 fully saturated rings. The lowest BCUT2D eigenvalue weighted by atomic mass is 9.51. The predicted molar refractivity (Wildman–Crippen MR) is 118 cm³/mol. The van der Waals surface area contributed by atoms with Crippen molar-refractivity contribution in [3.63, 3.8) is 0 Å². The molecule has 188 valence electrons. The Morgan fingerprint density at radius 1 is 1.12 bits per heavy atom. The van der Waals surface area contributed by atoms with E-state index in [1.165, 1.54) is 22.2 Å². The van der Waals surface area contributed by atoms with Gasteiger partial charge in [0.1, 0.15) is 17.2 Å². The molecule has 12 heteroatoms. The molecule has 8 nitrogen and oxygen atoms in total. The summed E-state index contributed by atoms with van der Waals surface area (Å²) in [5, 5.41) is 0.103. The minimum Gasteiger partial charge on any atom is -0.300 e. The van der Waals surface area contributed by atoms with Crippen LogP contribution in [0.4, 0.5) is 18.0 Å².